The zero-order valence-corrected chi connectivity index (χ0v) is 12.8. The third kappa shape index (κ3) is 2.93. The average Bonchev–Trinajstić information content (AvgIpc) is 2.86. The highest BCUT2D eigenvalue weighted by Crippen LogP contribution is 2.25. The number of urea groups is 1. The molecule has 2 heterocycles. The molecular formula is C13H17N5OS. The lowest BCUT2D eigenvalue weighted by Gasteiger charge is -2.23. The fourth-order valence-electron chi connectivity index (χ4n) is 1.75. The molecule has 20 heavy (non-hydrogen) atoms. The van der Waals surface area contributed by atoms with E-state index in [4.69, 9.17) is 0 Å². The summed E-state index contributed by atoms with van der Waals surface area (Å²) in [7, 11) is 3.45. The van der Waals surface area contributed by atoms with Crippen molar-refractivity contribution < 1.29 is 4.79 Å². The van der Waals surface area contributed by atoms with E-state index in [9.17, 15) is 4.79 Å². The highest BCUT2D eigenvalue weighted by atomic mass is 32.1. The predicted molar refractivity (Wildman–Crippen MR) is 80.0 cm³/mol. The van der Waals surface area contributed by atoms with Crippen LogP contribution in [0.25, 0.3) is 10.6 Å². The van der Waals surface area contributed by atoms with Gasteiger partial charge in [0.15, 0.2) is 0 Å². The molecule has 106 valence electrons. The Bertz CT molecular complexity index is 610. The number of anilines is 1. The fraction of sp³-hybridized carbons (Fsp3) is 0.385. The van der Waals surface area contributed by atoms with Gasteiger partial charge in [0.2, 0.25) is 0 Å². The first kappa shape index (κ1) is 14.4. The Balaban J connectivity index is 2.36. The van der Waals surface area contributed by atoms with Crippen LogP contribution in [0.2, 0.25) is 0 Å². The topological polar surface area (TPSA) is 62.2 Å². The molecule has 0 atom stereocenters. The van der Waals surface area contributed by atoms with Crippen molar-refractivity contribution in [3.05, 3.63) is 23.3 Å². The molecule has 0 aliphatic rings. The number of carbonyl (C=O) groups is 1. The molecule has 0 fully saturated rings. The van der Waals surface area contributed by atoms with Crippen molar-refractivity contribution in [3.8, 4) is 10.6 Å². The highest BCUT2D eigenvalue weighted by Gasteiger charge is 2.17. The van der Waals surface area contributed by atoms with Gasteiger partial charge in [0, 0.05) is 32.4 Å². The van der Waals surface area contributed by atoms with Crippen LogP contribution in [-0.4, -0.2) is 46.8 Å². The summed E-state index contributed by atoms with van der Waals surface area (Å²) in [6, 6.07) is 3.65. The number of rotatable bonds is 3. The zero-order chi connectivity index (χ0) is 14.7. The number of hydrogen-bond donors (Lipinski definition) is 0. The predicted octanol–water partition coefficient (Wildman–Crippen LogP) is 2.42. The number of carbonyl (C=O) groups excluding carboxylic acids is 1. The van der Waals surface area contributed by atoms with Gasteiger partial charge in [0.05, 0.1) is 0 Å². The van der Waals surface area contributed by atoms with Gasteiger partial charge in [0.1, 0.15) is 15.8 Å². The Labute approximate surface area is 122 Å². The Hall–Kier alpha value is -2.02. The van der Waals surface area contributed by atoms with Crippen LogP contribution in [0.1, 0.15) is 11.9 Å². The summed E-state index contributed by atoms with van der Waals surface area (Å²) in [6.45, 7) is 4.39. The monoisotopic (exact) mass is 291 g/mol. The summed E-state index contributed by atoms with van der Waals surface area (Å²) in [6.07, 6.45) is 1.69. The fourth-order valence-corrected chi connectivity index (χ4v) is 2.44. The van der Waals surface area contributed by atoms with E-state index in [1.807, 2.05) is 26.0 Å². The van der Waals surface area contributed by atoms with E-state index in [0.717, 1.165) is 15.6 Å². The number of pyridine rings is 1. The van der Waals surface area contributed by atoms with Crippen LogP contribution in [0.4, 0.5) is 10.6 Å². The van der Waals surface area contributed by atoms with E-state index in [2.05, 4.69) is 15.2 Å². The lowest BCUT2D eigenvalue weighted by atomic mass is 10.2. The van der Waals surface area contributed by atoms with E-state index in [1.54, 1.807) is 25.2 Å². The lowest BCUT2D eigenvalue weighted by Crippen LogP contribution is -2.39. The minimum atomic E-state index is -0.0920. The minimum Gasteiger partial charge on any atom is -0.330 e. The maximum absolute atomic E-state index is 12.1. The molecular weight excluding hydrogens is 274 g/mol. The van der Waals surface area contributed by atoms with E-state index in [0.29, 0.717) is 12.4 Å². The van der Waals surface area contributed by atoms with E-state index >= 15 is 0 Å². The number of aromatic nitrogens is 3. The minimum absolute atomic E-state index is 0.0920. The Morgan fingerprint density at radius 3 is 2.65 bits per heavy atom. The molecule has 0 spiro atoms. The quantitative estimate of drug-likeness (QED) is 0.871. The molecule has 0 aromatic carbocycles. The Morgan fingerprint density at radius 1 is 1.35 bits per heavy atom. The molecule has 0 saturated carbocycles. The van der Waals surface area contributed by atoms with Gasteiger partial charge < -0.3 is 4.90 Å². The molecule has 2 amide bonds. The molecule has 7 heteroatoms. The number of nitrogens with zero attached hydrogens (tertiary/aromatic N) is 5. The summed E-state index contributed by atoms with van der Waals surface area (Å²) in [4.78, 5) is 19.6. The smallest absolute Gasteiger partial charge is 0.325 e. The summed E-state index contributed by atoms with van der Waals surface area (Å²) < 4.78 is 0. The third-order valence-corrected chi connectivity index (χ3v) is 3.61. The molecule has 0 radical (unpaired) electrons. The second-order valence-electron chi connectivity index (χ2n) is 4.45. The van der Waals surface area contributed by atoms with Crippen molar-refractivity contribution >= 4 is 23.2 Å². The van der Waals surface area contributed by atoms with Crippen molar-refractivity contribution in [1.29, 1.82) is 0 Å². The van der Waals surface area contributed by atoms with Gasteiger partial charge in [-0.2, -0.15) is 0 Å². The summed E-state index contributed by atoms with van der Waals surface area (Å²) in [5, 5.41) is 9.87. The summed E-state index contributed by atoms with van der Waals surface area (Å²) in [5.74, 6) is 0.622. The maximum Gasteiger partial charge on any atom is 0.325 e. The van der Waals surface area contributed by atoms with E-state index < -0.39 is 0 Å². The van der Waals surface area contributed by atoms with Gasteiger partial charge in [-0.3, -0.25) is 4.90 Å². The van der Waals surface area contributed by atoms with Crippen molar-refractivity contribution in [3.63, 3.8) is 0 Å². The van der Waals surface area contributed by atoms with Crippen LogP contribution < -0.4 is 4.90 Å². The van der Waals surface area contributed by atoms with E-state index in [1.165, 1.54) is 16.2 Å². The van der Waals surface area contributed by atoms with Crippen LogP contribution in [0.5, 0.6) is 0 Å². The zero-order valence-electron chi connectivity index (χ0n) is 12.0. The normalized spacial score (nSPS) is 10.4. The first-order valence-electron chi connectivity index (χ1n) is 6.28. The second-order valence-corrected chi connectivity index (χ2v) is 5.63. The van der Waals surface area contributed by atoms with Crippen molar-refractivity contribution in [2.24, 2.45) is 0 Å². The molecule has 0 aliphatic heterocycles. The molecule has 0 unspecified atom stereocenters. The molecule has 6 nitrogen and oxygen atoms in total. The first-order valence-corrected chi connectivity index (χ1v) is 7.10. The first-order chi connectivity index (χ1) is 9.52. The average molecular weight is 291 g/mol. The van der Waals surface area contributed by atoms with Gasteiger partial charge in [-0.05, 0) is 26.0 Å². The van der Waals surface area contributed by atoms with Gasteiger partial charge >= 0.3 is 6.03 Å². The standard InChI is InChI=1S/C13H17N5OS/c1-5-18(13(19)17(3)4)11-8-10(6-7-14-11)12-16-15-9(2)20-12/h6-8H,5H2,1-4H3. The van der Waals surface area contributed by atoms with Crippen LogP contribution >= 0.6 is 11.3 Å². The molecule has 0 saturated heterocycles. The molecule has 0 aliphatic carbocycles. The Kier molecular flexibility index (Phi) is 4.29. The maximum atomic E-state index is 12.1. The van der Waals surface area contributed by atoms with Gasteiger partial charge in [-0.15, -0.1) is 10.2 Å². The van der Waals surface area contributed by atoms with E-state index in [-0.39, 0.29) is 6.03 Å². The molecule has 0 N–H and O–H groups in total. The molecule has 2 aromatic rings. The van der Waals surface area contributed by atoms with Crippen LogP contribution in [0.3, 0.4) is 0 Å². The number of hydrogen-bond acceptors (Lipinski definition) is 5. The van der Waals surface area contributed by atoms with Gasteiger partial charge in [-0.25, -0.2) is 9.78 Å². The van der Waals surface area contributed by atoms with Crippen molar-refractivity contribution in [1.82, 2.24) is 20.1 Å². The number of aryl methyl sites for hydroxylation is 1. The van der Waals surface area contributed by atoms with Crippen LogP contribution in [0.15, 0.2) is 18.3 Å². The van der Waals surface area contributed by atoms with Gasteiger partial charge in [-0.1, -0.05) is 11.3 Å². The van der Waals surface area contributed by atoms with Crippen molar-refractivity contribution in [2.75, 3.05) is 25.5 Å². The Morgan fingerprint density at radius 2 is 2.10 bits per heavy atom. The van der Waals surface area contributed by atoms with Gasteiger partial charge in [0.25, 0.3) is 0 Å². The highest BCUT2D eigenvalue weighted by molar-refractivity contribution is 7.14. The third-order valence-electron chi connectivity index (χ3n) is 2.72. The lowest BCUT2D eigenvalue weighted by molar-refractivity contribution is 0.224. The van der Waals surface area contributed by atoms with Crippen LogP contribution in [-0.2, 0) is 0 Å². The van der Waals surface area contributed by atoms with Crippen LogP contribution in [0, 0.1) is 6.92 Å². The number of amides is 2. The molecule has 2 aromatic heterocycles. The second kappa shape index (κ2) is 5.96. The van der Waals surface area contributed by atoms with Crippen molar-refractivity contribution in [2.45, 2.75) is 13.8 Å². The summed E-state index contributed by atoms with van der Waals surface area (Å²) in [5.41, 5.74) is 0.922. The summed E-state index contributed by atoms with van der Waals surface area (Å²) >= 11 is 1.52. The molecule has 0 bridgehead atoms. The largest absolute Gasteiger partial charge is 0.330 e. The molecule has 2 rings (SSSR count). The SMILES string of the molecule is CCN(C(=O)N(C)C)c1cc(-c2nnc(C)s2)ccn1.